The largest absolute Gasteiger partial charge is 0.401 e. The van der Waals surface area contributed by atoms with E-state index < -0.39 is 17.8 Å². The van der Waals surface area contributed by atoms with E-state index in [9.17, 15) is 8.42 Å². The van der Waals surface area contributed by atoms with Crippen LogP contribution in [0, 0.1) is 0 Å². The van der Waals surface area contributed by atoms with E-state index in [4.69, 9.17) is 8.98 Å². The lowest BCUT2D eigenvalue weighted by Crippen LogP contribution is -2.27. The lowest BCUT2D eigenvalue weighted by atomic mass is 10.9. The Hall–Kier alpha value is -0.173. The molecule has 1 unspecified atom stereocenters. The summed E-state index contributed by atoms with van der Waals surface area (Å²) in [5.74, 6) is 0. The van der Waals surface area contributed by atoms with E-state index in [-0.39, 0.29) is 6.61 Å². The highest BCUT2D eigenvalue weighted by Gasteiger charge is 2.22. The van der Waals surface area contributed by atoms with Crippen LogP contribution in [0.5, 0.6) is 0 Å². The standard InChI is InChI=1S/C4H10O4SSi/c1-3-8-10(4-2)9(5,6)7/h4,10H,2-3H2,1H3,(H,5,6,7). The Morgan fingerprint density at radius 3 is 2.40 bits per heavy atom. The van der Waals surface area contributed by atoms with Gasteiger partial charge in [0.15, 0.2) is 0 Å². The van der Waals surface area contributed by atoms with Crippen LogP contribution in [0.1, 0.15) is 6.92 Å². The summed E-state index contributed by atoms with van der Waals surface area (Å²) < 4.78 is 33.9. The first-order chi connectivity index (χ1) is 4.52. The molecular weight excluding hydrogens is 172 g/mol. The summed E-state index contributed by atoms with van der Waals surface area (Å²) in [5.41, 5.74) is 1.17. The van der Waals surface area contributed by atoms with Crippen molar-refractivity contribution < 1.29 is 17.4 Å². The molecule has 0 saturated carbocycles. The fraction of sp³-hybridized carbons (Fsp3) is 0.500. The molecule has 60 valence electrons. The second-order valence-electron chi connectivity index (χ2n) is 1.57. The van der Waals surface area contributed by atoms with Gasteiger partial charge in [-0.3, -0.25) is 4.55 Å². The van der Waals surface area contributed by atoms with Crippen LogP contribution in [0.25, 0.3) is 0 Å². The SMILES string of the molecule is C=C[SiH](OCC)S(=O)(=O)O. The summed E-state index contributed by atoms with van der Waals surface area (Å²) in [6, 6.07) is 0. The lowest BCUT2D eigenvalue weighted by molar-refractivity contribution is 0.354. The van der Waals surface area contributed by atoms with Crippen molar-refractivity contribution in [3.05, 3.63) is 12.3 Å². The summed E-state index contributed by atoms with van der Waals surface area (Å²) >= 11 is 0. The molecule has 0 aliphatic rings. The van der Waals surface area contributed by atoms with Gasteiger partial charge in [-0.05, 0) is 6.92 Å². The molecule has 0 aliphatic carbocycles. The summed E-state index contributed by atoms with van der Waals surface area (Å²) in [6.45, 7) is 5.19. The maximum Gasteiger partial charge on any atom is 0.371 e. The number of hydrogen-bond acceptors (Lipinski definition) is 3. The van der Waals surface area contributed by atoms with Crippen molar-refractivity contribution in [3.63, 3.8) is 0 Å². The molecule has 1 N–H and O–H groups in total. The van der Waals surface area contributed by atoms with Crippen molar-refractivity contribution >= 4 is 17.8 Å². The quantitative estimate of drug-likeness (QED) is 0.485. The highest BCUT2D eigenvalue weighted by molar-refractivity contribution is 8.14. The molecule has 0 aromatic carbocycles. The van der Waals surface area contributed by atoms with E-state index in [1.165, 1.54) is 5.70 Å². The smallest absolute Gasteiger partial charge is 0.371 e. The van der Waals surface area contributed by atoms with Crippen molar-refractivity contribution in [1.29, 1.82) is 0 Å². The Kier molecular flexibility index (Phi) is 3.80. The van der Waals surface area contributed by atoms with Gasteiger partial charge in [0.05, 0.1) is 0 Å². The molecule has 0 aromatic heterocycles. The second kappa shape index (κ2) is 3.87. The maximum atomic E-state index is 10.4. The normalized spacial score (nSPS) is 14.6. The Balaban J connectivity index is 4.22. The molecule has 4 nitrogen and oxygen atoms in total. The van der Waals surface area contributed by atoms with Gasteiger partial charge in [-0.1, -0.05) is 5.70 Å². The molecule has 0 saturated heterocycles. The van der Waals surface area contributed by atoms with E-state index in [0.717, 1.165) is 0 Å². The van der Waals surface area contributed by atoms with Crippen molar-refractivity contribution in [2.75, 3.05) is 6.61 Å². The molecule has 0 spiro atoms. The van der Waals surface area contributed by atoms with Gasteiger partial charge >= 0.3 is 8.19 Å². The third kappa shape index (κ3) is 3.11. The molecule has 0 amide bonds. The van der Waals surface area contributed by atoms with Crippen LogP contribution < -0.4 is 0 Å². The zero-order valence-corrected chi connectivity index (χ0v) is 7.62. The van der Waals surface area contributed by atoms with E-state index in [1.807, 2.05) is 0 Å². The molecule has 0 aromatic rings. The molecule has 0 rings (SSSR count). The number of hydrogen-bond donors (Lipinski definition) is 1. The van der Waals surface area contributed by atoms with Gasteiger partial charge in [-0.25, -0.2) is 8.42 Å². The Morgan fingerprint density at radius 1 is 1.80 bits per heavy atom. The molecule has 6 heteroatoms. The fourth-order valence-corrected chi connectivity index (χ4v) is 2.97. The van der Waals surface area contributed by atoms with Gasteiger partial charge in [0.2, 0.25) is 0 Å². The minimum atomic E-state index is -3.98. The molecule has 0 aliphatic heterocycles. The first-order valence-electron chi connectivity index (χ1n) is 2.72. The fourth-order valence-electron chi connectivity index (χ4n) is 0.440. The van der Waals surface area contributed by atoms with E-state index in [1.54, 1.807) is 6.92 Å². The lowest BCUT2D eigenvalue weighted by Gasteiger charge is -2.04. The number of rotatable bonds is 4. The van der Waals surface area contributed by atoms with Crippen LogP contribution in [0.3, 0.4) is 0 Å². The van der Waals surface area contributed by atoms with Crippen molar-refractivity contribution in [1.82, 2.24) is 0 Å². The highest BCUT2D eigenvalue weighted by atomic mass is 32.4. The van der Waals surface area contributed by atoms with E-state index >= 15 is 0 Å². The predicted molar refractivity (Wildman–Crippen MR) is 40.5 cm³/mol. The van der Waals surface area contributed by atoms with Gasteiger partial charge in [-0.2, -0.15) is 0 Å². The summed E-state index contributed by atoms with van der Waals surface area (Å²) in [6.07, 6.45) is 0. The van der Waals surface area contributed by atoms with Crippen LogP contribution in [-0.2, 0) is 14.0 Å². The molecule has 0 bridgehead atoms. The van der Waals surface area contributed by atoms with Gasteiger partial charge in [-0.15, -0.1) is 6.58 Å². The monoisotopic (exact) mass is 182 g/mol. The average molecular weight is 182 g/mol. The van der Waals surface area contributed by atoms with Gasteiger partial charge in [0.1, 0.15) is 0 Å². The second-order valence-corrected chi connectivity index (χ2v) is 7.33. The third-order valence-corrected chi connectivity index (χ3v) is 5.20. The van der Waals surface area contributed by atoms with Crippen molar-refractivity contribution in [2.45, 2.75) is 6.92 Å². The van der Waals surface area contributed by atoms with Crippen LogP contribution >= 0.6 is 0 Å². The molecule has 0 radical (unpaired) electrons. The first-order valence-corrected chi connectivity index (χ1v) is 6.78. The molecule has 1 atom stereocenters. The van der Waals surface area contributed by atoms with Crippen LogP contribution in [0.4, 0.5) is 0 Å². The van der Waals surface area contributed by atoms with E-state index in [2.05, 4.69) is 6.58 Å². The molecule has 0 heterocycles. The van der Waals surface area contributed by atoms with Crippen LogP contribution in [0.15, 0.2) is 12.3 Å². The van der Waals surface area contributed by atoms with E-state index in [0.29, 0.717) is 0 Å². The van der Waals surface area contributed by atoms with Crippen LogP contribution in [0.2, 0.25) is 0 Å². The zero-order valence-electron chi connectivity index (χ0n) is 5.65. The third-order valence-electron chi connectivity index (χ3n) is 0.817. The zero-order chi connectivity index (χ0) is 8.20. The summed E-state index contributed by atoms with van der Waals surface area (Å²) in [4.78, 5) is 0. The average Bonchev–Trinajstić information content (AvgIpc) is 1.80. The summed E-state index contributed by atoms with van der Waals surface area (Å²) in [7, 11) is -6.59. The van der Waals surface area contributed by atoms with Gasteiger partial charge in [0.25, 0.3) is 9.57 Å². The van der Waals surface area contributed by atoms with Crippen molar-refractivity contribution in [2.24, 2.45) is 0 Å². The summed E-state index contributed by atoms with van der Waals surface area (Å²) in [5, 5.41) is 0. The van der Waals surface area contributed by atoms with Gasteiger partial charge in [0, 0.05) is 6.61 Å². The molecule has 0 fully saturated rings. The Labute approximate surface area is 61.6 Å². The Morgan fingerprint density at radius 2 is 2.30 bits per heavy atom. The maximum absolute atomic E-state index is 10.4. The van der Waals surface area contributed by atoms with Crippen molar-refractivity contribution in [3.8, 4) is 0 Å². The minimum Gasteiger partial charge on any atom is -0.401 e. The Bertz CT molecular complexity index is 197. The van der Waals surface area contributed by atoms with Gasteiger partial charge < -0.3 is 4.43 Å². The van der Waals surface area contributed by atoms with Crippen LogP contribution in [-0.4, -0.2) is 27.8 Å². The highest BCUT2D eigenvalue weighted by Crippen LogP contribution is 1.95. The first kappa shape index (κ1) is 9.83. The minimum absolute atomic E-state index is 0.280. The molecule has 10 heavy (non-hydrogen) atoms. The topological polar surface area (TPSA) is 63.6 Å². The predicted octanol–water partition coefficient (Wildman–Crippen LogP) is -0.144. The molecular formula is C4H10O4SSi.